The van der Waals surface area contributed by atoms with Crippen LogP contribution in [0.1, 0.15) is 72.3 Å². The zero-order chi connectivity index (χ0) is 23.3. The number of piperidine rings is 1. The third-order valence-electron chi connectivity index (χ3n) is 6.99. The molecule has 3 heterocycles. The van der Waals surface area contributed by atoms with Crippen molar-refractivity contribution in [2.45, 2.75) is 57.3 Å². The molecule has 170 valence electrons. The Morgan fingerprint density at radius 1 is 1.24 bits per heavy atom. The van der Waals surface area contributed by atoms with Crippen LogP contribution in [-0.2, 0) is 22.1 Å². The molecule has 33 heavy (non-hydrogen) atoms. The van der Waals surface area contributed by atoms with Gasteiger partial charge in [-0.3, -0.25) is 24.4 Å². The third kappa shape index (κ3) is 3.59. The molecule has 2 aromatic heterocycles. The first-order chi connectivity index (χ1) is 15.8. The van der Waals surface area contributed by atoms with Gasteiger partial charge in [0.2, 0.25) is 11.8 Å². The quantitative estimate of drug-likeness (QED) is 0.585. The second kappa shape index (κ2) is 7.79. The average molecular weight is 446 g/mol. The largest absolute Gasteiger partial charge is 0.322 e. The number of carbonyl (C=O) groups is 3. The van der Waals surface area contributed by atoms with Gasteiger partial charge in [-0.25, -0.2) is 4.98 Å². The summed E-state index contributed by atoms with van der Waals surface area (Å²) < 4.78 is 1.73. The van der Waals surface area contributed by atoms with E-state index in [1.165, 1.54) is 0 Å². The molecule has 0 bridgehead atoms. The van der Waals surface area contributed by atoms with Crippen LogP contribution in [0.15, 0.2) is 30.3 Å². The monoisotopic (exact) mass is 445 g/mol. The van der Waals surface area contributed by atoms with Crippen molar-refractivity contribution in [1.82, 2.24) is 20.1 Å². The van der Waals surface area contributed by atoms with E-state index in [0.29, 0.717) is 36.4 Å². The lowest BCUT2D eigenvalue weighted by atomic mass is 9.72. The minimum atomic E-state index is -0.723. The molecule has 2 fully saturated rings. The molecule has 3 amide bonds. The maximum absolute atomic E-state index is 13.3. The second-order valence-electron chi connectivity index (χ2n) is 9.12. The normalized spacial score (nSPS) is 20.7. The number of rotatable bonds is 5. The van der Waals surface area contributed by atoms with Gasteiger partial charge in [0.15, 0.2) is 5.65 Å². The molecule has 1 aromatic carbocycles. The molecule has 5 rings (SSSR count). The maximum Gasteiger partial charge on any atom is 0.256 e. The van der Waals surface area contributed by atoms with Gasteiger partial charge in [-0.15, -0.1) is 0 Å². The van der Waals surface area contributed by atoms with Gasteiger partial charge >= 0.3 is 0 Å². The first-order valence-electron chi connectivity index (χ1n) is 11.4. The van der Waals surface area contributed by atoms with E-state index in [1.807, 2.05) is 51.2 Å². The number of benzene rings is 1. The van der Waals surface area contributed by atoms with Gasteiger partial charge in [0, 0.05) is 30.8 Å². The highest BCUT2D eigenvalue weighted by Crippen LogP contribution is 2.40. The number of imide groups is 1. The van der Waals surface area contributed by atoms with Crippen molar-refractivity contribution in [1.29, 1.82) is 0 Å². The van der Waals surface area contributed by atoms with Gasteiger partial charge in [0.05, 0.1) is 22.1 Å². The Labute approximate surface area is 191 Å². The van der Waals surface area contributed by atoms with Crippen LogP contribution in [0.25, 0.3) is 11.0 Å². The van der Waals surface area contributed by atoms with Crippen LogP contribution in [0.4, 0.5) is 5.69 Å². The van der Waals surface area contributed by atoms with Gasteiger partial charge in [0.1, 0.15) is 0 Å². The van der Waals surface area contributed by atoms with Crippen molar-refractivity contribution in [3.63, 3.8) is 0 Å². The Morgan fingerprint density at radius 3 is 2.61 bits per heavy atom. The fourth-order valence-electron chi connectivity index (χ4n) is 4.87. The molecule has 8 heteroatoms. The van der Waals surface area contributed by atoms with E-state index in [9.17, 15) is 14.4 Å². The lowest BCUT2D eigenvalue weighted by Crippen LogP contribution is -2.51. The van der Waals surface area contributed by atoms with E-state index in [4.69, 9.17) is 4.98 Å². The molecule has 1 saturated heterocycles. The van der Waals surface area contributed by atoms with Crippen LogP contribution in [0, 0.1) is 6.92 Å². The number of anilines is 1. The highest BCUT2D eigenvalue weighted by Gasteiger charge is 2.42. The predicted octanol–water partition coefficient (Wildman–Crippen LogP) is 3.49. The fourth-order valence-corrected chi connectivity index (χ4v) is 4.87. The number of pyridine rings is 1. The van der Waals surface area contributed by atoms with Crippen molar-refractivity contribution in [3.8, 4) is 0 Å². The number of nitrogens with one attached hydrogen (secondary N) is 2. The molecule has 1 atom stereocenters. The van der Waals surface area contributed by atoms with Gasteiger partial charge in [-0.2, -0.15) is 5.10 Å². The number of carbonyl (C=O) groups excluding carboxylic acids is 3. The van der Waals surface area contributed by atoms with Crippen molar-refractivity contribution >= 4 is 34.4 Å². The molecule has 3 aromatic rings. The van der Waals surface area contributed by atoms with Crippen LogP contribution >= 0.6 is 0 Å². The maximum atomic E-state index is 13.3. The van der Waals surface area contributed by atoms with Crippen LogP contribution < -0.4 is 10.6 Å². The Bertz CT molecular complexity index is 1290. The molecule has 1 aliphatic carbocycles. The third-order valence-corrected chi connectivity index (χ3v) is 6.99. The van der Waals surface area contributed by atoms with E-state index in [0.717, 1.165) is 40.8 Å². The van der Waals surface area contributed by atoms with Crippen molar-refractivity contribution in [2.75, 3.05) is 5.32 Å². The van der Waals surface area contributed by atoms with Crippen molar-refractivity contribution in [3.05, 3.63) is 52.8 Å². The van der Waals surface area contributed by atoms with E-state index in [-0.39, 0.29) is 17.7 Å². The number of hydrogen-bond donors (Lipinski definition) is 2. The number of hydrogen-bond acceptors (Lipinski definition) is 5. The lowest BCUT2D eigenvalue weighted by Gasteiger charge is -2.35. The standard InChI is InChI=1S/C25H27N5O3/c1-4-25(12-11-20(31)28-24(25)33)16-7-9-17(10-8-16)26-23(32)18-13-19(15-5-6-15)27-22-21(18)14(2)29-30(22)3/h7-10,13,15H,4-6,11-12H2,1-3H3,(H,26,32)(H,28,31,33). The second-order valence-corrected chi connectivity index (χ2v) is 9.12. The van der Waals surface area contributed by atoms with Crippen LogP contribution in [0.2, 0.25) is 0 Å². The van der Waals surface area contributed by atoms with Crippen LogP contribution in [0.5, 0.6) is 0 Å². The minimum Gasteiger partial charge on any atom is -0.322 e. The lowest BCUT2D eigenvalue weighted by molar-refractivity contribution is -0.138. The molecule has 0 radical (unpaired) electrons. The van der Waals surface area contributed by atoms with Gasteiger partial charge in [0.25, 0.3) is 5.91 Å². The molecular formula is C25H27N5O3. The van der Waals surface area contributed by atoms with Gasteiger partial charge < -0.3 is 5.32 Å². The minimum absolute atomic E-state index is 0.209. The van der Waals surface area contributed by atoms with Crippen LogP contribution in [-0.4, -0.2) is 32.5 Å². The summed E-state index contributed by atoms with van der Waals surface area (Å²) in [4.78, 5) is 42.3. The average Bonchev–Trinajstić information content (AvgIpc) is 3.60. The Kier molecular flexibility index (Phi) is 5.03. The fraction of sp³-hybridized carbons (Fsp3) is 0.400. The highest BCUT2D eigenvalue weighted by atomic mass is 16.2. The summed E-state index contributed by atoms with van der Waals surface area (Å²) in [6.07, 6.45) is 3.59. The number of aryl methyl sites for hydroxylation is 2. The van der Waals surface area contributed by atoms with Crippen molar-refractivity contribution in [2.24, 2.45) is 7.05 Å². The molecule has 1 unspecified atom stereocenters. The summed E-state index contributed by atoms with van der Waals surface area (Å²) in [5.74, 6) is -0.279. The van der Waals surface area contributed by atoms with Gasteiger partial charge in [-0.1, -0.05) is 19.1 Å². The molecule has 0 spiro atoms. The molecule has 2 N–H and O–H groups in total. The SMILES string of the molecule is CCC1(c2ccc(NC(=O)c3cc(C4CC4)nc4c3c(C)nn4C)cc2)CCC(=O)NC1=O. The highest BCUT2D eigenvalue weighted by molar-refractivity contribution is 6.12. The summed E-state index contributed by atoms with van der Waals surface area (Å²) in [5.41, 5.74) is 3.77. The van der Waals surface area contributed by atoms with E-state index >= 15 is 0 Å². The summed E-state index contributed by atoms with van der Waals surface area (Å²) in [6, 6.07) is 9.24. The number of nitrogens with zero attached hydrogens (tertiary/aromatic N) is 3. The molecule has 1 aliphatic heterocycles. The number of aromatic nitrogens is 3. The predicted molar refractivity (Wildman–Crippen MR) is 124 cm³/mol. The molecule has 1 saturated carbocycles. The molecule has 2 aliphatic rings. The number of amides is 3. The topological polar surface area (TPSA) is 106 Å². The van der Waals surface area contributed by atoms with Crippen LogP contribution in [0.3, 0.4) is 0 Å². The Morgan fingerprint density at radius 2 is 1.97 bits per heavy atom. The zero-order valence-electron chi connectivity index (χ0n) is 19.1. The summed E-state index contributed by atoms with van der Waals surface area (Å²) in [7, 11) is 1.85. The summed E-state index contributed by atoms with van der Waals surface area (Å²) >= 11 is 0. The zero-order valence-corrected chi connectivity index (χ0v) is 19.1. The summed E-state index contributed by atoms with van der Waals surface area (Å²) in [5, 5.41) is 10.7. The number of fused-ring (bicyclic) bond motifs is 1. The van der Waals surface area contributed by atoms with Crippen molar-refractivity contribution < 1.29 is 14.4 Å². The first-order valence-corrected chi connectivity index (χ1v) is 11.4. The first kappa shape index (κ1) is 21.3. The molecular weight excluding hydrogens is 418 g/mol. The molecule has 8 nitrogen and oxygen atoms in total. The smallest absolute Gasteiger partial charge is 0.256 e. The van der Waals surface area contributed by atoms with E-state index in [2.05, 4.69) is 15.7 Å². The Hall–Kier alpha value is -3.55. The Balaban J connectivity index is 1.44. The van der Waals surface area contributed by atoms with E-state index < -0.39 is 5.41 Å². The van der Waals surface area contributed by atoms with E-state index in [1.54, 1.807) is 4.68 Å². The van der Waals surface area contributed by atoms with Gasteiger partial charge in [-0.05, 0) is 56.4 Å². The summed E-state index contributed by atoms with van der Waals surface area (Å²) in [6.45, 7) is 3.84.